The molecule has 0 aliphatic carbocycles. The molecule has 1 heterocycles. The number of benzene rings is 2. The molecule has 0 atom stereocenters. The number of hydrogen-bond acceptors (Lipinski definition) is 5. The van der Waals surface area contributed by atoms with E-state index in [0.717, 1.165) is 29.0 Å². The topological polar surface area (TPSA) is 83.0 Å². The first kappa shape index (κ1) is 19.9. The summed E-state index contributed by atoms with van der Waals surface area (Å²) in [6.45, 7) is 6.46. The molecule has 0 unspecified atom stereocenters. The minimum absolute atomic E-state index is 0.141. The zero-order chi connectivity index (χ0) is 20.1. The zero-order valence-electron chi connectivity index (χ0n) is 16.3. The van der Waals surface area contributed by atoms with Crippen LogP contribution in [0.15, 0.2) is 47.6 Å². The second kappa shape index (κ2) is 8.93. The molecule has 0 fully saturated rings. The summed E-state index contributed by atoms with van der Waals surface area (Å²) in [5.74, 6) is 1.19. The van der Waals surface area contributed by atoms with Gasteiger partial charge in [-0.15, -0.1) is 10.2 Å². The molecule has 0 saturated carbocycles. The quantitative estimate of drug-likeness (QED) is 0.588. The van der Waals surface area contributed by atoms with Gasteiger partial charge in [0.2, 0.25) is 5.91 Å². The first-order valence-electron chi connectivity index (χ1n) is 9.12. The lowest BCUT2D eigenvalue weighted by Gasteiger charge is -2.14. The van der Waals surface area contributed by atoms with Crippen molar-refractivity contribution in [1.29, 1.82) is 0 Å². The number of nitrogens with two attached hydrogens (primary N) is 1. The molecule has 3 rings (SSSR count). The number of primary amides is 1. The van der Waals surface area contributed by atoms with Crippen molar-refractivity contribution in [3.63, 3.8) is 0 Å². The maximum atomic E-state index is 11.2. The summed E-state index contributed by atoms with van der Waals surface area (Å²) in [6.07, 6.45) is 0.988. The first-order chi connectivity index (χ1) is 13.5. The molecule has 0 aliphatic heterocycles. The lowest BCUT2D eigenvalue weighted by molar-refractivity contribution is -0.115. The zero-order valence-corrected chi connectivity index (χ0v) is 17.1. The highest BCUT2D eigenvalue weighted by Gasteiger charge is 2.17. The largest absolute Gasteiger partial charge is 0.486 e. The maximum absolute atomic E-state index is 11.2. The van der Waals surface area contributed by atoms with Gasteiger partial charge in [-0.1, -0.05) is 43.0 Å². The van der Waals surface area contributed by atoms with E-state index in [-0.39, 0.29) is 12.4 Å². The van der Waals surface area contributed by atoms with Crippen LogP contribution in [0.2, 0.25) is 0 Å². The third-order valence-corrected chi connectivity index (χ3v) is 5.30. The van der Waals surface area contributed by atoms with Crippen molar-refractivity contribution in [2.24, 2.45) is 5.73 Å². The predicted octanol–water partition coefficient (Wildman–Crippen LogP) is 3.60. The summed E-state index contributed by atoms with van der Waals surface area (Å²) >= 11 is 1.27. The van der Waals surface area contributed by atoms with Gasteiger partial charge in [0.1, 0.15) is 12.4 Å². The molecule has 1 amide bonds. The molecule has 7 heteroatoms. The van der Waals surface area contributed by atoms with Crippen molar-refractivity contribution in [1.82, 2.24) is 14.8 Å². The number of aryl methyl sites for hydroxylation is 3. The summed E-state index contributed by atoms with van der Waals surface area (Å²) in [5.41, 5.74) is 9.75. The van der Waals surface area contributed by atoms with Gasteiger partial charge in [-0.3, -0.25) is 9.36 Å². The SMILES string of the molecule is CCc1ccc(OCc2nnc(SCC(N)=O)n2-c2cc(C)ccc2C)cc1. The Hall–Kier alpha value is -2.80. The number of thioether (sulfide) groups is 1. The summed E-state index contributed by atoms with van der Waals surface area (Å²) in [5, 5.41) is 9.19. The van der Waals surface area contributed by atoms with Crippen LogP contribution in [0.3, 0.4) is 0 Å². The van der Waals surface area contributed by atoms with E-state index in [1.807, 2.05) is 30.5 Å². The van der Waals surface area contributed by atoms with Gasteiger partial charge in [0, 0.05) is 0 Å². The predicted molar refractivity (Wildman–Crippen MR) is 111 cm³/mol. The standard InChI is InChI=1S/C21H24N4O2S/c1-4-16-7-9-17(10-8-16)27-12-20-23-24-21(28-13-19(22)26)25(20)18-11-14(2)5-6-15(18)3/h5-11H,4,12-13H2,1-3H3,(H2,22,26). The van der Waals surface area contributed by atoms with Crippen molar-refractivity contribution >= 4 is 17.7 Å². The Bertz CT molecular complexity index is 967. The van der Waals surface area contributed by atoms with Crippen LogP contribution in [0.5, 0.6) is 5.75 Å². The average molecular weight is 397 g/mol. The van der Waals surface area contributed by atoms with Gasteiger partial charge in [0.25, 0.3) is 0 Å². The summed E-state index contributed by atoms with van der Waals surface area (Å²) in [4.78, 5) is 11.2. The highest BCUT2D eigenvalue weighted by atomic mass is 32.2. The molecule has 0 saturated heterocycles. The monoisotopic (exact) mass is 396 g/mol. The van der Waals surface area contributed by atoms with Crippen LogP contribution in [0.4, 0.5) is 0 Å². The second-order valence-corrected chi connectivity index (χ2v) is 7.51. The van der Waals surface area contributed by atoms with E-state index in [1.165, 1.54) is 17.3 Å². The molecule has 3 aromatic rings. The third kappa shape index (κ3) is 4.72. The van der Waals surface area contributed by atoms with Gasteiger partial charge in [0.15, 0.2) is 11.0 Å². The minimum Gasteiger partial charge on any atom is -0.486 e. The van der Waals surface area contributed by atoms with Crippen LogP contribution in [0.1, 0.15) is 29.4 Å². The number of carbonyl (C=O) groups is 1. The number of hydrogen-bond donors (Lipinski definition) is 1. The van der Waals surface area contributed by atoms with E-state index in [2.05, 4.69) is 47.5 Å². The Labute approximate surface area is 169 Å². The molecule has 28 heavy (non-hydrogen) atoms. The van der Waals surface area contributed by atoms with Crippen LogP contribution < -0.4 is 10.5 Å². The van der Waals surface area contributed by atoms with Crippen LogP contribution in [-0.2, 0) is 17.8 Å². The molecule has 0 radical (unpaired) electrons. The Balaban J connectivity index is 1.91. The van der Waals surface area contributed by atoms with Gasteiger partial charge < -0.3 is 10.5 Å². The molecule has 0 aliphatic rings. The second-order valence-electron chi connectivity index (χ2n) is 6.57. The molecular weight excluding hydrogens is 372 g/mol. The maximum Gasteiger partial charge on any atom is 0.227 e. The first-order valence-corrected chi connectivity index (χ1v) is 10.1. The van der Waals surface area contributed by atoms with Crippen molar-refractivity contribution in [3.05, 3.63) is 65.0 Å². The van der Waals surface area contributed by atoms with Crippen molar-refractivity contribution in [3.8, 4) is 11.4 Å². The van der Waals surface area contributed by atoms with E-state index < -0.39 is 5.91 Å². The van der Waals surface area contributed by atoms with Crippen molar-refractivity contribution in [2.45, 2.75) is 39.0 Å². The van der Waals surface area contributed by atoms with Gasteiger partial charge in [-0.25, -0.2) is 0 Å². The number of carbonyl (C=O) groups excluding carboxylic acids is 1. The van der Waals surface area contributed by atoms with Crippen LogP contribution >= 0.6 is 11.8 Å². The van der Waals surface area contributed by atoms with Gasteiger partial charge in [-0.05, 0) is 55.2 Å². The van der Waals surface area contributed by atoms with Gasteiger partial charge in [0.05, 0.1) is 11.4 Å². The lowest BCUT2D eigenvalue weighted by Crippen LogP contribution is -2.14. The molecule has 6 nitrogen and oxygen atoms in total. The average Bonchev–Trinajstić information content (AvgIpc) is 3.09. The number of aromatic nitrogens is 3. The Morgan fingerprint density at radius 3 is 2.57 bits per heavy atom. The fraction of sp³-hybridized carbons (Fsp3) is 0.286. The molecule has 146 valence electrons. The van der Waals surface area contributed by atoms with Crippen molar-refractivity contribution in [2.75, 3.05) is 5.75 Å². The third-order valence-electron chi connectivity index (χ3n) is 4.35. The van der Waals surface area contributed by atoms with Crippen molar-refractivity contribution < 1.29 is 9.53 Å². The Kier molecular flexibility index (Phi) is 6.36. The molecular formula is C21H24N4O2S. The van der Waals surface area contributed by atoms with E-state index in [0.29, 0.717) is 11.0 Å². The molecule has 0 spiro atoms. The lowest BCUT2D eigenvalue weighted by atomic mass is 10.1. The summed E-state index contributed by atoms with van der Waals surface area (Å²) in [6, 6.07) is 14.2. The van der Waals surface area contributed by atoms with E-state index in [1.54, 1.807) is 0 Å². The number of rotatable bonds is 8. The summed E-state index contributed by atoms with van der Waals surface area (Å²) < 4.78 is 7.88. The minimum atomic E-state index is -0.394. The molecule has 2 N–H and O–H groups in total. The fourth-order valence-electron chi connectivity index (χ4n) is 2.79. The van der Waals surface area contributed by atoms with E-state index >= 15 is 0 Å². The Morgan fingerprint density at radius 1 is 1.14 bits per heavy atom. The van der Waals surface area contributed by atoms with Crippen LogP contribution in [0.25, 0.3) is 5.69 Å². The summed E-state index contributed by atoms with van der Waals surface area (Å²) in [7, 11) is 0. The smallest absolute Gasteiger partial charge is 0.227 e. The van der Waals surface area contributed by atoms with E-state index in [4.69, 9.17) is 10.5 Å². The van der Waals surface area contributed by atoms with Gasteiger partial charge in [-0.2, -0.15) is 0 Å². The molecule has 1 aromatic heterocycles. The highest BCUT2D eigenvalue weighted by Crippen LogP contribution is 2.26. The van der Waals surface area contributed by atoms with E-state index in [9.17, 15) is 4.79 Å². The molecule has 0 bridgehead atoms. The van der Waals surface area contributed by atoms with Crippen LogP contribution in [0, 0.1) is 13.8 Å². The van der Waals surface area contributed by atoms with Crippen LogP contribution in [-0.4, -0.2) is 26.4 Å². The highest BCUT2D eigenvalue weighted by molar-refractivity contribution is 7.99. The fourth-order valence-corrected chi connectivity index (χ4v) is 3.50. The number of amides is 1. The molecule has 2 aromatic carbocycles. The number of ether oxygens (including phenoxy) is 1. The normalized spacial score (nSPS) is 10.8. The number of nitrogens with zero attached hydrogens (tertiary/aromatic N) is 3. The van der Waals surface area contributed by atoms with Gasteiger partial charge >= 0.3 is 0 Å². The Morgan fingerprint density at radius 2 is 1.89 bits per heavy atom.